The minimum Gasteiger partial charge on any atom is -0.481 e. The van der Waals surface area contributed by atoms with Gasteiger partial charge in [0, 0.05) is 0 Å². The number of esters is 1. The Balaban J connectivity index is 2.98. The van der Waals surface area contributed by atoms with Crippen LogP contribution in [-0.2, 0) is 16.0 Å². The molecule has 0 atom stereocenters. The van der Waals surface area contributed by atoms with Crippen molar-refractivity contribution in [2.75, 3.05) is 6.61 Å². The third-order valence-corrected chi connectivity index (χ3v) is 1.88. The molecule has 1 N–H and O–H groups in total. The van der Waals surface area contributed by atoms with Crippen molar-refractivity contribution in [2.24, 2.45) is 0 Å². The fraction of sp³-hybridized carbons (Fsp3) is 0.273. The Labute approximate surface area is 91.7 Å². The second-order valence-electron chi connectivity index (χ2n) is 3.11. The third-order valence-electron chi connectivity index (χ3n) is 1.88. The van der Waals surface area contributed by atoms with Gasteiger partial charge in [-0.3, -0.25) is 4.79 Å². The molecule has 1 rings (SSSR count). The summed E-state index contributed by atoms with van der Waals surface area (Å²) >= 11 is 0. The van der Waals surface area contributed by atoms with Crippen molar-refractivity contribution in [1.82, 2.24) is 0 Å². The van der Waals surface area contributed by atoms with Crippen LogP contribution in [0.4, 0.5) is 4.39 Å². The van der Waals surface area contributed by atoms with E-state index in [1.165, 1.54) is 12.1 Å². The van der Waals surface area contributed by atoms with E-state index in [0.29, 0.717) is 5.56 Å². The molecule has 0 radical (unpaired) electrons. The monoisotopic (exact) mass is 226 g/mol. The molecule has 86 valence electrons. The van der Waals surface area contributed by atoms with E-state index in [1.54, 1.807) is 6.92 Å². The number of carboxylic acids is 1. The zero-order chi connectivity index (χ0) is 12.1. The van der Waals surface area contributed by atoms with Gasteiger partial charge < -0.3 is 9.84 Å². The Kier molecular flexibility index (Phi) is 3.99. The first kappa shape index (κ1) is 12.2. The Morgan fingerprint density at radius 2 is 2.12 bits per heavy atom. The Morgan fingerprint density at radius 3 is 2.69 bits per heavy atom. The number of hydrogen-bond acceptors (Lipinski definition) is 3. The molecule has 0 aliphatic carbocycles. The van der Waals surface area contributed by atoms with Gasteiger partial charge in [-0.05, 0) is 24.6 Å². The summed E-state index contributed by atoms with van der Waals surface area (Å²) in [5.41, 5.74) is 0.123. The van der Waals surface area contributed by atoms with Crippen LogP contribution in [0, 0.1) is 5.82 Å². The minimum atomic E-state index is -1.04. The largest absolute Gasteiger partial charge is 0.481 e. The number of carbonyl (C=O) groups is 2. The van der Waals surface area contributed by atoms with Crippen LogP contribution in [0.15, 0.2) is 18.2 Å². The van der Waals surface area contributed by atoms with Gasteiger partial charge in [0.2, 0.25) is 0 Å². The highest BCUT2D eigenvalue weighted by Gasteiger charge is 2.14. The average molecular weight is 226 g/mol. The van der Waals surface area contributed by atoms with Crippen LogP contribution in [-0.4, -0.2) is 23.7 Å². The van der Waals surface area contributed by atoms with Crippen LogP contribution in [0.5, 0.6) is 0 Å². The maximum absolute atomic E-state index is 13.2. The van der Waals surface area contributed by atoms with Crippen molar-refractivity contribution in [3.8, 4) is 0 Å². The van der Waals surface area contributed by atoms with Crippen LogP contribution in [0.3, 0.4) is 0 Å². The number of carboxylic acid groups (broad SMARTS) is 1. The molecular weight excluding hydrogens is 215 g/mol. The van der Waals surface area contributed by atoms with Crippen molar-refractivity contribution in [3.63, 3.8) is 0 Å². The maximum atomic E-state index is 13.2. The smallest absolute Gasteiger partial charge is 0.341 e. The van der Waals surface area contributed by atoms with Gasteiger partial charge in [-0.25, -0.2) is 9.18 Å². The van der Waals surface area contributed by atoms with Gasteiger partial charge in [0.15, 0.2) is 0 Å². The fourth-order valence-electron chi connectivity index (χ4n) is 1.22. The first-order valence-corrected chi connectivity index (χ1v) is 4.72. The molecule has 0 saturated carbocycles. The number of benzene rings is 1. The molecule has 16 heavy (non-hydrogen) atoms. The van der Waals surface area contributed by atoms with Gasteiger partial charge >= 0.3 is 11.9 Å². The minimum absolute atomic E-state index is 0.140. The molecule has 0 aliphatic heterocycles. The molecule has 1 aromatic rings. The van der Waals surface area contributed by atoms with Crippen molar-refractivity contribution in [1.29, 1.82) is 0 Å². The summed E-state index contributed by atoms with van der Waals surface area (Å²) in [5, 5.41) is 8.56. The van der Waals surface area contributed by atoms with E-state index >= 15 is 0 Å². The zero-order valence-electron chi connectivity index (χ0n) is 8.70. The van der Waals surface area contributed by atoms with Crippen molar-refractivity contribution in [2.45, 2.75) is 13.3 Å². The summed E-state index contributed by atoms with van der Waals surface area (Å²) in [6.07, 6.45) is -0.257. The number of carbonyl (C=O) groups excluding carboxylic acids is 1. The van der Waals surface area contributed by atoms with Crippen LogP contribution in [0.1, 0.15) is 22.8 Å². The second kappa shape index (κ2) is 5.25. The molecule has 0 aliphatic rings. The zero-order valence-corrected chi connectivity index (χ0v) is 8.70. The predicted molar refractivity (Wildman–Crippen MR) is 53.7 cm³/mol. The summed E-state index contributed by atoms with van der Waals surface area (Å²) in [5.74, 6) is -2.54. The molecule has 0 fully saturated rings. The maximum Gasteiger partial charge on any atom is 0.341 e. The fourth-order valence-corrected chi connectivity index (χ4v) is 1.22. The van der Waals surface area contributed by atoms with Crippen LogP contribution >= 0.6 is 0 Å². The molecule has 5 heteroatoms. The molecule has 0 aromatic heterocycles. The van der Waals surface area contributed by atoms with Crippen molar-refractivity contribution in [3.05, 3.63) is 35.1 Å². The highest BCUT2D eigenvalue weighted by Crippen LogP contribution is 2.12. The van der Waals surface area contributed by atoms with E-state index in [0.717, 1.165) is 6.07 Å². The van der Waals surface area contributed by atoms with Gasteiger partial charge in [-0.1, -0.05) is 6.07 Å². The molecular formula is C11H11FO4. The summed E-state index contributed by atoms with van der Waals surface area (Å²) < 4.78 is 17.9. The topological polar surface area (TPSA) is 63.6 Å². The lowest BCUT2D eigenvalue weighted by atomic mass is 10.1. The summed E-state index contributed by atoms with van der Waals surface area (Å²) in [6.45, 7) is 1.75. The lowest BCUT2D eigenvalue weighted by molar-refractivity contribution is -0.136. The molecule has 0 unspecified atom stereocenters. The first-order chi connectivity index (χ1) is 7.54. The molecule has 0 heterocycles. The molecule has 0 spiro atoms. The van der Waals surface area contributed by atoms with E-state index < -0.39 is 17.8 Å². The van der Waals surface area contributed by atoms with Gasteiger partial charge in [0.1, 0.15) is 5.82 Å². The molecule has 4 nitrogen and oxygen atoms in total. The quantitative estimate of drug-likeness (QED) is 0.792. The Morgan fingerprint density at radius 1 is 1.44 bits per heavy atom. The standard InChI is InChI=1S/C11H11FO4/c1-2-16-11(15)8-5-7(6-10(13)14)3-4-9(8)12/h3-5H,2,6H2,1H3,(H,13,14). The lowest BCUT2D eigenvalue weighted by Crippen LogP contribution is -2.09. The lowest BCUT2D eigenvalue weighted by Gasteiger charge is -2.04. The summed E-state index contributed by atoms with van der Waals surface area (Å²) in [7, 11) is 0. The van der Waals surface area contributed by atoms with Crippen LogP contribution in [0.25, 0.3) is 0 Å². The molecule has 1 aromatic carbocycles. The van der Waals surface area contributed by atoms with E-state index in [1.807, 2.05) is 0 Å². The number of hydrogen-bond donors (Lipinski definition) is 1. The Bertz CT molecular complexity index is 414. The molecule has 0 amide bonds. The number of rotatable bonds is 4. The van der Waals surface area contributed by atoms with Crippen LogP contribution < -0.4 is 0 Å². The van der Waals surface area contributed by atoms with E-state index in [2.05, 4.69) is 4.74 Å². The van der Waals surface area contributed by atoms with Crippen molar-refractivity contribution >= 4 is 11.9 Å². The highest BCUT2D eigenvalue weighted by atomic mass is 19.1. The van der Waals surface area contributed by atoms with Crippen LogP contribution in [0.2, 0.25) is 0 Å². The predicted octanol–water partition coefficient (Wildman–Crippen LogP) is 1.63. The van der Waals surface area contributed by atoms with E-state index in [4.69, 9.17) is 5.11 Å². The number of halogens is 1. The molecule has 0 saturated heterocycles. The van der Waals surface area contributed by atoms with Gasteiger partial charge in [-0.2, -0.15) is 0 Å². The summed E-state index contributed by atoms with van der Waals surface area (Å²) in [4.78, 5) is 21.7. The number of aliphatic carboxylic acids is 1. The highest BCUT2D eigenvalue weighted by molar-refractivity contribution is 5.90. The third kappa shape index (κ3) is 3.05. The van der Waals surface area contributed by atoms with Gasteiger partial charge in [0.05, 0.1) is 18.6 Å². The summed E-state index contributed by atoms with van der Waals surface area (Å²) in [6, 6.07) is 3.58. The van der Waals surface area contributed by atoms with E-state index in [-0.39, 0.29) is 18.6 Å². The number of ether oxygens (including phenoxy) is 1. The van der Waals surface area contributed by atoms with Gasteiger partial charge in [0.25, 0.3) is 0 Å². The normalized spacial score (nSPS) is 9.88. The average Bonchev–Trinajstić information content (AvgIpc) is 2.20. The first-order valence-electron chi connectivity index (χ1n) is 4.72. The second-order valence-corrected chi connectivity index (χ2v) is 3.11. The molecule has 0 bridgehead atoms. The van der Waals surface area contributed by atoms with E-state index in [9.17, 15) is 14.0 Å². The van der Waals surface area contributed by atoms with Gasteiger partial charge in [-0.15, -0.1) is 0 Å². The van der Waals surface area contributed by atoms with Crippen molar-refractivity contribution < 1.29 is 23.8 Å². The SMILES string of the molecule is CCOC(=O)c1cc(CC(=O)O)ccc1F. The Hall–Kier alpha value is -1.91.